The Bertz CT molecular complexity index is 1240. The molecule has 3 aromatic carbocycles. The number of aliphatic hydroxyl groups is 2. The fraction of sp³-hybridized carbons (Fsp3) is 0.640. The number of fused-ring (bicyclic) bond motifs is 9. The van der Waals surface area contributed by atoms with Gasteiger partial charge in [-0.15, -0.1) is 0 Å². The summed E-state index contributed by atoms with van der Waals surface area (Å²) in [5.74, 6) is 3.40. The van der Waals surface area contributed by atoms with Gasteiger partial charge in [-0.05, 0) is 155 Å². The zero-order valence-electron chi connectivity index (χ0n) is 36.3. The van der Waals surface area contributed by atoms with E-state index in [0.717, 1.165) is 31.3 Å². The van der Waals surface area contributed by atoms with Crippen molar-refractivity contribution in [2.24, 2.45) is 17.8 Å². The zero-order chi connectivity index (χ0) is 41.0. The van der Waals surface area contributed by atoms with Crippen LogP contribution >= 0.6 is 36.1 Å². The van der Waals surface area contributed by atoms with Gasteiger partial charge in [-0.3, -0.25) is 4.90 Å². The molecule has 59 heavy (non-hydrogen) atoms. The van der Waals surface area contributed by atoms with Crippen LogP contribution in [0.25, 0.3) is 0 Å². The number of rotatable bonds is 2. The summed E-state index contributed by atoms with van der Waals surface area (Å²) in [5, 5.41) is 27.3. The molecule has 9 heteroatoms. The van der Waals surface area contributed by atoms with Crippen molar-refractivity contribution < 1.29 is 20.1 Å². The maximum atomic E-state index is 9.36. The van der Waals surface area contributed by atoms with E-state index in [0.29, 0.717) is 23.7 Å². The first kappa shape index (κ1) is 59.2. The van der Waals surface area contributed by atoms with Crippen LogP contribution in [0.15, 0.2) is 91.0 Å². The minimum Gasteiger partial charge on any atom is -0.508 e. The Morgan fingerprint density at radius 2 is 0.814 bits per heavy atom. The number of nitrogens with zero attached hydrogens (tertiary/aromatic N) is 3. The van der Waals surface area contributed by atoms with Crippen molar-refractivity contribution in [2.75, 3.05) is 58.9 Å². The second kappa shape index (κ2) is 36.8. The van der Waals surface area contributed by atoms with E-state index < -0.39 is 0 Å². The second-order valence-corrected chi connectivity index (χ2v) is 17.0. The number of para-hydroxylation sites is 2. The predicted octanol–water partition coefficient (Wildman–Crippen LogP) is 11.6. The molecule has 0 aromatic heterocycles. The van der Waals surface area contributed by atoms with E-state index in [1.807, 2.05) is 42.5 Å². The van der Waals surface area contributed by atoms with Gasteiger partial charge in [0.15, 0.2) is 0 Å². The Kier molecular flexibility index (Phi) is 36.9. The van der Waals surface area contributed by atoms with Crippen molar-refractivity contribution in [3.05, 3.63) is 94.6 Å². The molecule has 9 aliphatic heterocycles. The normalized spacial score (nSPS) is 26.8. The molecular formula is C50H88IN3O4S. The number of hydrogen-bond acceptors (Lipinski definition) is 7. The van der Waals surface area contributed by atoms with E-state index in [1.165, 1.54) is 101 Å². The van der Waals surface area contributed by atoms with Crippen molar-refractivity contribution in [3.8, 4) is 11.5 Å². The standard InChI is InChI=1S/C13H17NO.2C7H13NO.C6H5I.C6H6O.3C3H8.2CH4.H2S/c1-2-4-12(5-3-1)15-13-10-14-8-6-11(13)7-9-14;2*9-7-5-8-3-1-6(7)2-4-8;2*7-6-4-2-1-3-5-6;3*1-3-2;;;/h1-5,11,13H,6-10H2;2*6-7,9H,1-5H2;1-5H;1-5,7H;3*3H2,1-2H3;2*1H4;1H2/t13-;2*7-;;;;;;;;/m010......../s1. The Morgan fingerprint density at radius 1 is 0.508 bits per heavy atom. The number of halogens is 1. The molecule has 12 rings (SSSR count). The topological polar surface area (TPSA) is 79.6 Å². The highest BCUT2D eigenvalue weighted by molar-refractivity contribution is 14.1. The SMILES string of the molecule is C.C.CCC.CCC.CCC.Ic1ccccc1.O[C@@H]1CN2CCC1CC2.O[C@H]1CN2CCC1CC2.Oc1ccccc1.S.c1ccc(O[C@H]2CN3CCC2CC3)cc1. The minimum absolute atomic E-state index is 0. The summed E-state index contributed by atoms with van der Waals surface area (Å²) >= 11 is 2.28. The molecule has 9 fully saturated rings. The lowest BCUT2D eigenvalue weighted by Gasteiger charge is -2.44. The van der Waals surface area contributed by atoms with E-state index in [2.05, 4.69) is 103 Å². The van der Waals surface area contributed by atoms with E-state index in [1.54, 1.807) is 24.3 Å². The number of aromatic hydroxyl groups is 1. The van der Waals surface area contributed by atoms with Gasteiger partial charge in [0.25, 0.3) is 0 Å². The first-order valence-electron chi connectivity index (χ1n) is 21.9. The summed E-state index contributed by atoms with van der Waals surface area (Å²) in [6, 6.07) is 29.1. The van der Waals surface area contributed by atoms with Gasteiger partial charge in [0, 0.05) is 23.2 Å². The van der Waals surface area contributed by atoms with Crippen LogP contribution in [0.4, 0.5) is 0 Å². The molecule has 0 spiro atoms. The first-order chi connectivity index (χ1) is 27.2. The van der Waals surface area contributed by atoms with Gasteiger partial charge in [0.2, 0.25) is 0 Å². The molecule has 3 N–H and O–H groups in total. The lowest BCUT2D eigenvalue weighted by Crippen LogP contribution is -2.52. The van der Waals surface area contributed by atoms with Crippen LogP contribution in [-0.2, 0) is 0 Å². The zero-order valence-corrected chi connectivity index (χ0v) is 39.5. The molecule has 3 aromatic rings. The molecule has 0 saturated carbocycles. The molecule has 0 radical (unpaired) electrons. The third-order valence-corrected chi connectivity index (χ3v) is 11.1. The van der Waals surface area contributed by atoms with Gasteiger partial charge < -0.3 is 29.9 Å². The number of piperidine rings is 9. The summed E-state index contributed by atoms with van der Waals surface area (Å²) < 4.78 is 7.34. The first-order valence-corrected chi connectivity index (χ1v) is 22.9. The number of hydrogen-bond donors (Lipinski definition) is 3. The minimum atomic E-state index is -0.00694. The Labute approximate surface area is 383 Å². The quantitative estimate of drug-likeness (QED) is 0.221. The van der Waals surface area contributed by atoms with Gasteiger partial charge in [-0.2, -0.15) is 13.5 Å². The number of aliphatic hydroxyl groups excluding tert-OH is 2. The Morgan fingerprint density at radius 3 is 1.02 bits per heavy atom. The number of ether oxygens (including phenoxy) is 1. The van der Waals surface area contributed by atoms with Crippen LogP contribution in [0.1, 0.15) is 114 Å². The van der Waals surface area contributed by atoms with Gasteiger partial charge in [-0.25, -0.2) is 0 Å². The highest BCUT2D eigenvalue weighted by atomic mass is 127. The van der Waals surface area contributed by atoms with Crippen molar-refractivity contribution in [1.82, 2.24) is 14.7 Å². The molecule has 9 saturated heterocycles. The van der Waals surface area contributed by atoms with Crippen LogP contribution < -0.4 is 4.74 Å². The predicted molar refractivity (Wildman–Crippen MR) is 269 cm³/mol. The van der Waals surface area contributed by atoms with Crippen molar-refractivity contribution in [3.63, 3.8) is 0 Å². The molecule has 7 nitrogen and oxygen atoms in total. The molecule has 0 amide bonds. The highest BCUT2D eigenvalue weighted by Gasteiger charge is 2.36. The summed E-state index contributed by atoms with van der Waals surface area (Å²) in [7, 11) is 0. The third kappa shape index (κ3) is 25.6. The van der Waals surface area contributed by atoms with Crippen LogP contribution in [0.5, 0.6) is 11.5 Å². The van der Waals surface area contributed by atoms with Crippen molar-refractivity contribution in [2.45, 2.75) is 132 Å². The van der Waals surface area contributed by atoms with E-state index in [4.69, 9.17) is 9.84 Å². The monoisotopic (exact) mass is 954 g/mol. The lowest BCUT2D eigenvalue weighted by atomic mass is 9.86. The van der Waals surface area contributed by atoms with Gasteiger partial charge in [-0.1, -0.05) is 130 Å². The van der Waals surface area contributed by atoms with E-state index in [-0.39, 0.29) is 40.6 Å². The van der Waals surface area contributed by atoms with Crippen molar-refractivity contribution >= 4 is 36.1 Å². The van der Waals surface area contributed by atoms with Crippen LogP contribution in [0.2, 0.25) is 0 Å². The molecule has 0 unspecified atom stereocenters. The molecule has 9 heterocycles. The molecule has 340 valence electrons. The smallest absolute Gasteiger partial charge is 0.119 e. The second-order valence-electron chi connectivity index (χ2n) is 15.8. The summed E-state index contributed by atoms with van der Waals surface area (Å²) in [6.07, 6.45) is 11.7. The maximum Gasteiger partial charge on any atom is 0.119 e. The van der Waals surface area contributed by atoms with Crippen LogP contribution in [0, 0.1) is 21.3 Å². The van der Waals surface area contributed by atoms with Crippen LogP contribution in [0.3, 0.4) is 0 Å². The highest BCUT2D eigenvalue weighted by Crippen LogP contribution is 2.31. The number of phenols is 1. The largest absolute Gasteiger partial charge is 0.508 e. The maximum absolute atomic E-state index is 9.36. The van der Waals surface area contributed by atoms with Gasteiger partial charge in [0.1, 0.15) is 17.6 Å². The summed E-state index contributed by atoms with van der Waals surface area (Å²) in [5.41, 5.74) is 0. The molecule has 6 bridgehead atoms. The third-order valence-electron chi connectivity index (χ3n) is 10.4. The number of benzene rings is 3. The molecule has 9 aliphatic rings. The van der Waals surface area contributed by atoms with E-state index in [9.17, 15) is 10.2 Å². The van der Waals surface area contributed by atoms with E-state index >= 15 is 0 Å². The molecular weight excluding hydrogens is 866 g/mol. The van der Waals surface area contributed by atoms with Crippen LogP contribution in [-0.4, -0.2) is 107 Å². The lowest BCUT2D eigenvalue weighted by molar-refractivity contribution is -0.0228. The fourth-order valence-electron chi connectivity index (χ4n) is 7.43. The average Bonchev–Trinajstić information content (AvgIpc) is 3.22. The fourth-order valence-corrected chi connectivity index (χ4v) is 7.84. The van der Waals surface area contributed by atoms with Crippen molar-refractivity contribution in [1.29, 1.82) is 0 Å². The molecule has 0 aliphatic carbocycles. The molecule has 3 atom stereocenters. The van der Waals surface area contributed by atoms with Gasteiger partial charge in [0.05, 0.1) is 12.2 Å². The summed E-state index contributed by atoms with van der Waals surface area (Å²) in [6.45, 7) is 23.2. The Balaban J connectivity index is 0. The van der Waals surface area contributed by atoms with Gasteiger partial charge >= 0.3 is 0 Å². The number of phenolic OH excluding ortho intramolecular Hbond substituents is 1. The average molecular weight is 954 g/mol. The summed E-state index contributed by atoms with van der Waals surface area (Å²) in [4.78, 5) is 7.23. The Hall–Kier alpha value is -1.86.